The predicted octanol–water partition coefficient (Wildman–Crippen LogP) is 2.10. The first kappa shape index (κ1) is 14.8. The Morgan fingerprint density at radius 2 is 1.88 bits per heavy atom. The first-order valence-corrected chi connectivity index (χ1v) is 6.84. The van der Waals surface area contributed by atoms with Gasteiger partial charge in [-0.25, -0.2) is 0 Å². The second kappa shape index (κ2) is 7.93. The van der Waals surface area contributed by atoms with E-state index in [1.165, 1.54) is 32.1 Å². The predicted molar refractivity (Wildman–Crippen MR) is 72.4 cm³/mol. The molecule has 2 rings (SSSR count). The fraction of sp³-hybridized carbons (Fsp3) is 0.923. The molecular weight excluding hydrogens is 236 g/mol. The molecule has 1 saturated heterocycles. The minimum absolute atomic E-state index is 0. The van der Waals surface area contributed by atoms with Gasteiger partial charge in [0.1, 0.15) is 0 Å². The Kier molecular flexibility index (Phi) is 6.90. The molecule has 0 spiro atoms. The van der Waals surface area contributed by atoms with Gasteiger partial charge in [-0.1, -0.05) is 19.3 Å². The number of nitrogens with one attached hydrogen (secondary N) is 2. The van der Waals surface area contributed by atoms with Crippen LogP contribution in [0.5, 0.6) is 0 Å². The minimum Gasteiger partial charge on any atom is -0.356 e. The van der Waals surface area contributed by atoms with Crippen LogP contribution >= 0.6 is 12.4 Å². The molecule has 1 saturated carbocycles. The zero-order valence-corrected chi connectivity index (χ0v) is 11.4. The van der Waals surface area contributed by atoms with Crippen molar-refractivity contribution < 1.29 is 4.79 Å². The van der Waals surface area contributed by atoms with E-state index in [-0.39, 0.29) is 24.2 Å². The van der Waals surface area contributed by atoms with Crippen molar-refractivity contribution in [2.75, 3.05) is 19.6 Å². The number of hydrogen-bond acceptors (Lipinski definition) is 2. The third-order valence-electron chi connectivity index (χ3n) is 3.96. The Balaban J connectivity index is 0.00000144. The van der Waals surface area contributed by atoms with Crippen molar-refractivity contribution in [1.82, 2.24) is 10.6 Å². The Morgan fingerprint density at radius 3 is 2.53 bits per heavy atom. The largest absolute Gasteiger partial charge is 0.356 e. The molecule has 2 N–H and O–H groups in total. The van der Waals surface area contributed by atoms with Crippen molar-refractivity contribution in [3.8, 4) is 0 Å². The molecule has 2 fully saturated rings. The van der Waals surface area contributed by atoms with Crippen molar-refractivity contribution in [2.24, 2.45) is 11.8 Å². The van der Waals surface area contributed by atoms with E-state index in [1.54, 1.807) is 0 Å². The quantitative estimate of drug-likeness (QED) is 0.816. The smallest absolute Gasteiger partial charge is 0.224 e. The molecule has 1 heterocycles. The summed E-state index contributed by atoms with van der Waals surface area (Å²) in [5.74, 6) is 1.24. The van der Waals surface area contributed by atoms with Crippen molar-refractivity contribution in [3.05, 3.63) is 0 Å². The molecule has 1 amide bonds. The SMILES string of the molecule is Cl.O=C(NCC1CCCCC1)[C@@H]1CCCNC1. The van der Waals surface area contributed by atoms with Crippen LogP contribution in [0, 0.1) is 11.8 Å². The lowest BCUT2D eigenvalue weighted by molar-refractivity contribution is -0.125. The topological polar surface area (TPSA) is 41.1 Å². The molecule has 1 atom stereocenters. The maximum atomic E-state index is 11.9. The molecule has 100 valence electrons. The molecular formula is C13H25ClN2O. The molecule has 3 nitrogen and oxygen atoms in total. The summed E-state index contributed by atoms with van der Waals surface area (Å²) in [6.07, 6.45) is 8.91. The van der Waals surface area contributed by atoms with E-state index < -0.39 is 0 Å². The van der Waals surface area contributed by atoms with Crippen molar-refractivity contribution in [2.45, 2.75) is 44.9 Å². The first-order chi connectivity index (χ1) is 7.86. The van der Waals surface area contributed by atoms with Gasteiger partial charge in [0.25, 0.3) is 0 Å². The highest BCUT2D eigenvalue weighted by Crippen LogP contribution is 2.22. The van der Waals surface area contributed by atoms with Crippen LogP contribution in [0.1, 0.15) is 44.9 Å². The molecule has 0 bridgehead atoms. The Morgan fingerprint density at radius 1 is 1.12 bits per heavy atom. The maximum absolute atomic E-state index is 11.9. The van der Waals surface area contributed by atoms with Gasteiger partial charge >= 0.3 is 0 Å². The van der Waals surface area contributed by atoms with Gasteiger partial charge in [-0.05, 0) is 38.1 Å². The molecule has 4 heteroatoms. The highest BCUT2D eigenvalue weighted by molar-refractivity contribution is 5.85. The van der Waals surface area contributed by atoms with E-state index in [0.717, 1.165) is 38.4 Å². The van der Waals surface area contributed by atoms with Crippen molar-refractivity contribution in [3.63, 3.8) is 0 Å². The van der Waals surface area contributed by atoms with Gasteiger partial charge in [0.05, 0.1) is 5.92 Å². The fourth-order valence-corrected chi connectivity index (χ4v) is 2.86. The lowest BCUT2D eigenvalue weighted by atomic mass is 9.89. The van der Waals surface area contributed by atoms with E-state index in [4.69, 9.17) is 0 Å². The summed E-state index contributed by atoms with van der Waals surface area (Å²) in [6.45, 7) is 2.86. The highest BCUT2D eigenvalue weighted by Gasteiger charge is 2.21. The van der Waals surface area contributed by atoms with Crippen LogP contribution in [0.15, 0.2) is 0 Å². The number of halogens is 1. The lowest BCUT2D eigenvalue weighted by Crippen LogP contribution is -2.42. The van der Waals surface area contributed by atoms with Crippen molar-refractivity contribution >= 4 is 18.3 Å². The fourth-order valence-electron chi connectivity index (χ4n) is 2.86. The highest BCUT2D eigenvalue weighted by atomic mass is 35.5. The van der Waals surface area contributed by atoms with Crippen LogP contribution in [0.4, 0.5) is 0 Å². The molecule has 0 aromatic heterocycles. The second-order valence-corrected chi connectivity index (χ2v) is 5.29. The number of hydrogen-bond donors (Lipinski definition) is 2. The summed E-state index contributed by atoms with van der Waals surface area (Å²) in [5, 5.41) is 6.44. The first-order valence-electron chi connectivity index (χ1n) is 6.84. The molecule has 17 heavy (non-hydrogen) atoms. The van der Waals surface area contributed by atoms with E-state index in [1.807, 2.05) is 0 Å². The van der Waals surface area contributed by atoms with Gasteiger partial charge in [0.2, 0.25) is 5.91 Å². The Bertz CT molecular complexity index is 223. The molecule has 2 aliphatic rings. The molecule has 1 aliphatic heterocycles. The van der Waals surface area contributed by atoms with E-state index in [2.05, 4.69) is 10.6 Å². The van der Waals surface area contributed by atoms with Gasteiger partial charge < -0.3 is 10.6 Å². The molecule has 0 radical (unpaired) electrons. The Labute approximate surface area is 111 Å². The molecule has 0 aromatic rings. The number of amides is 1. The zero-order valence-electron chi connectivity index (χ0n) is 10.5. The average molecular weight is 261 g/mol. The summed E-state index contributed by atoms with van der Waals surface area (Å²) in [4.78, 5) is 11.9. The molecule has 1 aliphatic carbocycles. The molecule has 0 unspecified atom stereocenters. The number of carbonyl (C=O) groups excluding carboxylic acids is 1. The maximum Gasteiger partial charge on any atom is 0.224 e. The standard InChI is InChI=1S/C13H24N2O.ClH/c16-13(12-7-4-8-14-10-12)15-9-11-5-2-1-3-6-11;/h11-12,14H,1-10H2,(H,15,16);1H/t12-;/m1./s1. The Hall–Kier alpha value is -0.280. The van der Waals surface area contributed by atoms with Crippen LogP contribution in [-0.2, 0) is 4.79 Å². The van der Waals surface area contributed by atoms with Crippen LogP contribution in [0.3, 0.4) is 0 Å². The van der Waals surface area contributed by atoms with Crippen LogP contribution in [0.2, 0.25) is 0 Å². The third-order valence-corrected chi connectivity index (χ3v) is 3.96. The lowest BCUT2D eigenvalue weighted by Gasteiger charge is -2.25. The summed E-state index contributed by atoms with van der Waals surface area (Å²) in [7, 11) is 0. The number of piperidine rings is 1. The van der Waals surface area contributed by atoms with E-state index >= 15 is 0 Å². The summed E-state index contributed by atoms with van der Waals surface area (Å²) >= 11 is 0. The number of rotatable bonds is 3. The minimum atomic E-state index is 0. The van der Waals surface area contributed by atoms with E-state index in [9.17, 15) is 4.79 Å². The average Bonchev–Trinajstić information content (AvgIpc) is 2.38. The van der Waals surface area contributed by atoms with Gasteiger partial charge in [0, 0.05) is 13.1 Å². The monoisotopic (exact) mass is 260 g/mol. The third kappa shape index (κ3) is 4.84. The van der Waals surface area contributed by atoms with Crippen LogP contribution < -0.4 is 10.6 Å². The van der Waals surface area contributed by atoms with Gasteiger partial charge in [-0.2, -0.15) is 0 Å². The number of carbonyl (C=O) groups is 1. The van der Waals surface area contributed by atoms with Gasteiger partial charge in [-0.3, -0.25) is 4.79 Å². The summed E-state index contributed by atoms with van der Waals surface area (Å²) in [6, 6.07) is 0. The van der Waals surface area contributed by atoms with Gasteiger partial charge in [0.15, 0.2) is 0 Å². The van der Waals surface area contributed by atoms with E-state index in [0.29, 0.717) is 0 Å². The van der Waals surface area contributed by atoms with Crippen LogP contribution in [0.25, 0.3) is 0 Å². The normalized spacial score (nSPS) is 26.0. The zero-order chi connectivity index (χ0) is 11.2. The molecule has 0 aromatic carbocycles. The summed E-state index contributed by atoms with van der Waals surface area (Å²) < 4.78 is 0. The van der Waals surface area contributed by atoms with Crippen molar-refractivity contribution in [1.29, 1.82) is 0 Å². The van der Waals surface area contributed by atoms with Crippen LogP contribution in [-0.4, -0.2) is 25.5 Å². The second-order valence-electron chi connectivity index (χ2n) is 5.29. The summed E-state index contributed by atoms with van der Waals surface area (Å²) in [5.41, 5.74) is 0. The van der Waals surface area contributed by atoms with Gasteiger partial charge in [-0.15, -0.1) is 12.4 Å².